The number of tetrazole rings is 1. The van der Waals surface area contributed by atoms with Gasteiger partial charge in [0, 0.05) is 5.56 Å². The van der Waals surface area contributed by atoms with Gasteiger partial charge in [0.1, 0.15) is 22.7 Å². The lowest BCUT2D eigenvalue weighted by Gasteiger charge is -2.10. The fourth-order valence-electron chi connectivity index (χ4n) is 3.44. The number of fused-ring (bicyclic) bond motifs is 1. The molecular formula is C21H18N8O3. The minimum Gasteiger partial charge on any atom is -0.495 e. The summed E-state index contributed by atoms with van der Waals surface area (Å²) in [6.45, 7) is 2.49. The zero-order valence-electron chi connectivity index (χ0n) is 17.2. The first-order valence-corrected chi connectivity index (χ1v) is 9.82. The predicted molar refractivity (Wildman–Crippen MR) is 116 cm³/mol. The molecule has 2 N–H and O–H groups in total. The van der Waals surface area contributed by atoms with Gasteiger partial charge in [0.05, 0.1) is 19.4 Å². The lowest BCUT2D eigenvalue weighted by molar-refractivity contribution is 0.340. The maximum atomic E-state index is 13.0. The molecule has 0 atom stereocenters. The molecule has 32 heavy (non-hydrogen) atoms. The van der Waals surface area contributed by atoms with E-state index in [4.69, 9.17) is 14.5 Å². The van der Waals surface area contributed by atoms with E-state index < -0.39 is 5.69 Å². The van der Waals surface area contributed by atoms with Crippen LogP contribution in [-0.4, -0.2) is 53.9 Å². The van der Waals surface area contributed by atoms with Gasteiger partial charge < -0.3 is 14.5 Å². The normalized spacial score (nSPS) is 11.1. The van der Waals surface area contributed by atoms with E-state index in [0.717, 1.165) is 11.3 Å². The van der Waals surface area contributed by atoms with Crippen molar-refractivity contribution in [1.82, 2.24) is 40.1 Å². The van der Waals surface area contributed by atoms with Gasteiger partial charge in [0.2, 0.25) is 5.82 Å². The van der Waals surface area contributed by atoms with Crippen LogP contribution < -0.4 is 15.2 Å². The molecule has 0 fully saturated rings. The number of hydrogen-bond donors (Lipinski definition) is 2. The number of para-hydroxylation sites is 2. The third kappa shape index (κ3) is 3.25. The Morgan fingerprint density at radius 3 is 2.56 bits per heavy atom. The first-order chi connectivity index (χ1) is 15.7. The summed E-state index contributed by atoms with van der Waals surface area (Å²) in [5.41, 5.74) is 1.97. The van der Waals surface area contributed by atoms with Gasteiger partial charge in [-0.05, 0) is 48.5 Å². The molecule has 0 spiro atoms. The van der Waals surface area contributed by atoms with Gasteiger partial charge in [-0.1, -0.05) is 12.1 Å². The maximum absolute atomic E-state index is 13.0. The molecule has 11 nitrogen and oxygen atoms in total. The van der Waals surface area contributed by atoms with Crippen molar-refractivity contribution in [3.8, 4) is 40.1 Å². The van der Waals surface area contributed by atoms with Crippen LogP contribution >= 0.6 is 0 Å². The summed E-state index contributed by atoms with van der Waals surface area (Å²) >= 11 is 0. The van der Waals surface area contributed by atoms with E-state index in [-0.39, 0.29) is 5.82 Å². The molecule has 5 aromatic rings. The number of H-pyrrole nitrogens is 2. The fraction of sp³-hybridized carbons (Fsp3) is 0.143. The van der Waals surface area contributed by atoms with E-state index in [1.54, 1.807) is 19.2 Å². The SMILES string of the molecule is CCOc1ccc(-c2nc(-c3nn[nH]n3)c3[nH]c(=O)n(-c4ccccc4OC)c3n2)cc1. The molecule has 3 aromatic heterocycles. The monoisotopic (exact) mass is 430 g/mol. The molecule has 0 saturated heterocycles. The molecular weight excluding hydrogens is 412 g/mol. The quantitative estimate of drug-likeness (QED) is 0.419. The highest BCUT2D eigenvalue weighted by Crippen LogP contribution is 2.29. The summed E-state index contributed by atoms with van der Waals surface area (Å²) in [6, 6.07) is 14.6. The number of methoxy groups -OCH3 is 1. The summed E-state index contributed by atoms with van der Waals surface area (Å²) in [6.07, 6.45) is 0. The number of rotatable bonds is 6. The van der Waals surface area contributed by atoms with Gasteiger partial charge in [0.25, 0.3) is 0 Å². The van der Waals surface area contributed by atoms with Crippen molar-refractivity contribution in [3.05, 3.63) is 59.0 Å². The summed E-state index contributed by atoms with van der Waals surface area (Å²) in [4.78, 5) is 25.2. The number of nitrogens with one attached hydrogen (secondary N) is 2. The largest absolute Gasteiger partial charge is 0.495 e. The van der Waals surface area contributed by atoms with Crippen LogP contribution in [0.5, 0.6) is 11.5 Å². The van der Waals surface area contributed by atoms with E-state index in [9.17, 15) is 4.79 Å². The van der Waals surface area contributed by atoms with Gasteiger partial charge in [0.15, 0.2) is 11.5 Å². The smallest absolute Gasteiger partial charge is 0.332 e. The standard InChI is InChI=1S/C21H18N8O3/c1-3-32-13-10-8-12(9-11-13)18-22-16(19-25-27-28-26-19)17-20(24-18)29(21(30)23-17)14-6-4-5-7-15(14)31-2/h4-11H,3H2,1-2H3,(H,23,30)(H,25,26,27,28). The van der Waals surface area contributed by atoms with Gasteiger partial charge in [-0.15, -0.1) is 10.2 Å². The predicted octanol–water partition coefficient (Wildman–Crippen LogP) is 2.36. The first kappa shape index (κ1) is 19.4. The molecule has 0 aliphatic carbocycles. The molecule has 0 amide bonds. The summed E-state index contributed by atoms with van der Waals surface area (Å²) < 4.78 is 12.4. The molecule has 0 bridgehead atoms. The van der Waals surface area contributed by atoms with Crippen LogP contribution in [0.2, 0.25) is 0 Å². The number of benzene rings is 2. The second-order valence-corrected chi connectivity index (χ2v) is 6.72. The summed E-state index contributed by atoms with van der Waals surface area (Å²) in [5, 5.41) is 14.1. The molecule has 3 heterocycles. The van der Waals surface area contributed by atoms with Crippen LogP contribution in [-0.2, 0) is 0 Å². The Hall–Kier alpha value is -4.54. The van der Waals surface area contributed by atoms with Crippen molar-refractivity contribution in [2.45, 2.75) is 6.92 Å². The minimum atomic E-state index is -0.396. The van der Waals surface area contributed by atoms with Crippen LogP contribution in [0.4, 0.5) is 0 Å². The second kappa shape index (κ2) is 7.95. The van der Waals surface area contributed by atoms with Crippen molar-refractivity contribution in [3.63, 3.8) is 0 Å². The molecule has 11 heteroatoms. The van der Waals surface area contributed by atoms with Crippen LogP contribution in [0.15, 0.2) is 53.3 Å². The third-order valence-corrected chi connectivity index (χ3v) is 4.84. The van der Waals surface area contributed by atoms with Gasteiger partial charge in [-0.3, -0.25) is 0 Å². The zero-order chi connectivity index (χ0) is 22.1. The summed E-state index contributed by atoms with van der Waals surface area (Å²) in [5.74, 6) is 1.89. The van der Waals surface area contributed by atoms with Crippen molar-refractivity contribution in [2.75, 3.05) is 13.7 Å². The zero-order valence-corrected chi connectivity index (χ0v) is 17.2. The summed E-state index contributed by atoms with van der Waals surface area (Å²) in [7, 11) is 1.55. The number of ether oxygens (including phenoxy) is 2. The number of aromatic amines is 2. The fourth-order valence-corrected chi connectivity index (χ4v) is 3.44. The lowest BCUT2D eigenvalue weighted by atomic mass is 10.2. The Labute approximate surface area is 181 Å². The average molecular weight is 430 g/mol. The molecule has 0 radical (unpaired) electrons. The maximum Gasteiger partial charge on any atom is 0.332 e. The Kier molecular flexibility index (Phi) is 4.82. The Morgan fingerprint density at radius 2 is 1.84 bits per heavy atom. The number of imidazole rings is 1. The number of nitrogens with zero attached hydrogens (tertiary/aromatic N) is 6. The van der Waals surface area contributed by atoms with Crippen molar-refractivity contribution in [1.29, 1.82) is 0 Å². The van der Waals surface area contributed by atoms with E-state index in [1.165, 1.54) is 4.57 Å². The van der Waals surface area contributed by atoms with E-state index in [2.05, 4.69) is 30.6 Å². The highest BCUT2D eigenvalue weighted by atomic mass is 16.5. The minimum absolute atomic E-state index is 0.234. The molecule has 2 aromatic carbocycles. The molecule has 0 saturated carbocycles. The topological polar surface area (TPSA) is 136 Å². The third-order valence-electron chi connectivity index (χ3n) is 4.84. The molecule has 0 unspecified atom stereocenters. The van der Waals surface area contributed by atoms with E-state index in [0.29, 0.717) is 40.7 Å². The van der Waals surface area contributed by atoms with Crippen LogP contribution in [0, 0.1) is 0 Å². The van der Waals surface area contributed by atoms with Crippen LogP contribution in [0.25, 0.3) is 39.8 Å². The second-order valence-electron chi connectivity index (χ2n) is 6.72. The van der Waals surface area contributed by atoms with Crippen molar-refractivity contribution >= 4 is 11.2 Å². The van der Waals surface area contributed by atoms with Gasteiger partial charge >= 0.3 is 5.69 Å². The van der Waals surface area contributed by atoms with Crippen LogP contribution in [0.3, 0.4) is 0 Å². The van der Waals surface area contributed by atoms with Gasteiger partial charge in [-0.2, -0.15) is 5.21 Å². The van der Waals surface area contributed by atoms with E-state index in [1.807, 2.05) is 43.3 Å². The van der Waals surface area contributed by atoms with Crippen LogP contribution in [0.1, 0.15) is 6.92 Å². The number of hydrogen-bond acceptors (Lipinski definition) is 8. The van der Waals surface area contributed by atoms with Crippen molar-refractivity contribution in [2.24, 2.45) is 0 Å². The number of aromatic nitrogens is 8. The highest BCUT2D eigenvalue weighted by molar-refractivity contribution is 5.88. The Bertz CT molecular complexity index is 1440. The van der Waals surface area contributed by atoms with Crippen molar-refractivity contribution < 1.29 is 9.47 Å². The lowest BCUT2D eigenvalue weighted by Crippen LogP contribution is -2.15. The molecule has 160 valence electrons. The molecule has 5 rings (SSSR count). The first-order valence-electron chi connectivity index (χ1n) is 9.82. The Morgan fingerprint density at radius 1 is 1.03 bits per heavy atom. The molecule has 0 aliphatic heterocycles. The highest BCUT2D eigenvalue weighted by Gasteiger charge is 2.22. The van der Waals surface area contributed by atoms with E-state index >= 15 is 0 Å². The molecule has 0 aliphatic rings. The Balaban J connectivity index is 1.79. The average Bonchev–Trinajstić information content (AvgIpc) is 3.46. The van der Waals surface area contributed by atoms with Gasteiger partial charge in [-0.25, -0.2) is 19.3 Å².